The summed E-state index contributed by atoms with van der Waals surface area (Å²) in [6, 6.07) is 13.0. The third kappa shape index (κ3) is 3.96. The molecule has 1 saturated carbocycles. The molecule has 29 heavy (non-hydrogen) atoms. The van der Waals surface area contributed by atoms with Crippen molar-refractivity contribution in [1.29, 1.82) is 0 Å². The number of para-hydroxylation sites is 1. The molecule has 7 nitrogen and oxygen atoms in total. The fourth-order valence-corrected chi connectivity index (χ4v) is 4.02. The van der Waals surface area contributed by atoms with Crippen LogP contribution in [0.5, 0.6) is 5.88 Å². The van der Waals surface area contributed by atoms with Crippen LogP contribution in [0.2, 0.25) is 0 Å². The van der Waals surface area contributed by atoms with Crippen LogP contribution < -0.4 is 20.7 Å². The molecule has 2 aromatic heterocycles. The number of nitrogens with one attached hydrogen (secondary N) is 1. The Morgan fingerprint density at radius 1 is 1.00 bits per heavy atom. The van der Waals surface area contributed by atoms with Gasteiger partial charge in [-0.15, -0.1) is 0 Å². The van der Waals surface area contributed by atoms with Gasteiger partial charge in [0.2, 0.25) is 0 Å². The zero-order valence-electron chi connectivity index (χ0n) is 16.4. The maximum atomic E-state index is 6.19. The third-order valence-corrected chi connectivity index (χ3v) is 5.81. The molecule has 1 aromatic carbocycles. The summed E-state index contributed by atoms with van der Waals surface area (Å²) in [4.78, 5) is 15.9. The molecule has 3 N–H and O–H groups in total. The number of piperidine rings is 1. The van der Waals surface area contributed by atoms with E-state index in [1.54, 1.807) is 12.4 Å². The predicted molar refractivity (Wildman–Crippen MR) is 114 cm³/mol. The van der Waals surface area contributed by atoms with Gasteiger partial charge in [0.25, 0.3) is 5.88 Å². The van der Waals surface area contributed by atoms with E-state index in [1.807, 2.05) is 24.3 Å². The Bertz CT molecular complexity index is 982. The van der Waals surface area contributed by atoms with Gasteiger partial charge in [-0.2, -0.15) is 0 Å². The Kier molecular flexibility index (Phi) is 4.89. The zero-order valence-corrected chi connectivity index (χ0v) is 16.4. The maximum Gasteiger partial charge on any atom is 0.257 e. The van der Waals surface area contributed by atoms with Crippen LogP contribution in [0, 0.1) is 0 Å². The molecule has 3 aromatic rings. The Hall–Kier alpha value is -2.93. The number of nitrogens with zero attached hydrogens (tertiary/aromatic N) is 4. The number of fused-ring (bicyclic) bond motifs is 1. The molecule has 2 aliphatic rings. The van der Waals surface area contributed by atoms with Crippen LogP contribution in [-0.4, -0.2) is 46.2 Å². The molecular formula is C22H26N6O. The summed E-state index contributed by atoms with van der Waals surface area (Å²) in [6.45, 7) is 1.80. The maximum absolute atomic E-state index is 6.19. The van der Waals surface area contributed by atoms with E-state index in [1.165, 1.54) is 0 Å². The molecular weight excluding hydrogens is 364 g/mol. The summed E-state index contributed by atoms with van der Waals surface area (Å²) in [6.07, 6.45) is 7.38. The van der Waals surface area contributed by atoms with Gasteiger partial charge in [-0.05, 0) is 31.0 Å². The van der Waals surface area contributed by atoms with Gasteiger partial charge in [0.1, 0.15) is 11.9 Å². The quantitative estimate of drug-likeness (QED) is 0.692. The van der Waals surface area contributed by atoms with Crippen molar-refractivity contribution in [2.45, 2.75) is 43.9 Å². The first kappa shape index (κ1) is 18.1. The van der Waals surface area contributed by atoms with Crippen molar-refractivity contribution in [2.24, 2.45) is 5.73 Å². The monoisotopic (exact) mass is 390 g/mol. The zero-order chi connectivity index (χ0) is 19.6. The van der Waals surface area contributed by atoms with Crippen LogP contribution in [-0.2, 0) is 0 Å². The number of aromatic nitrogens is 3. The van der Waals surface area contributed by atoms with Crippen molar-refractivity contribution >= 4 is 22.5 Å². The molecule has 1 saturated heterocycles. The van der Waals surface area contributed by atoms with Crippen molar-refractivity contribution in [3.63, 3.8) is 0 Å². The summed E-state index contributed by atoms with van der Waals surface area (Å²) in [5, 5.41) is 4.67. The highest BCUT2D eigenvalue weighted by Gasteiger charge is 2.33. The van der Waals surface area contributed by atoms with Gasteiger partial charge < -0.3 is 20.7 Å². The van der Waals surface area contributed by atoms with Gasteiger partial charge in [-0.25, -0.2) is 15.0 Å². The van der Waals surface area contributed by atoms with E-state index in [0.717, 1.165) is 61.3 Å². The van der Waals surface area contributed by atoms with Crippen molar-refractivity contribution in [1.82, 2.24) is 15.0 Å². The summed E-state index contributed by atoms with van der Waals surface area (Å²) < 4.78 is 6.19. The molecule has 150 valence electrons. The molecule has 1 aliphatic carbocycles. The number of pyridine rings is 1. The van der Waals surface area contributed by atoms with Crippen LogP contribution in [0.15, 0.2) is 48.8 Å². The molecule has 0 amide bonds. The van der Waals surface area contributed by atoms with E-state index in [0.29, 0.717) is 11.9 Å². The molecule has 0 bridgehead atoms. The standard InChI is InChI=1S/C22H26N6O/c23-16-7-11-28(12-8-16)21-22(25-10-9-24-21)29-18-13-17(14-18)26-20-6-5-15-3-1-2-4-19(15)27-20/h1-6,9-10,16-18H,7-8,11-14,23H2,(H,26,27)/t17-,18+. The minimum atomic E-state index is 0.149. The third-order valence-electron chi connectivity index (χ3n) is 5.81. The lowest BCUT2D eigenvalue weighted by molar-refractivity contribution is 0.102. The number of hydrogen-bond donors (Lipinski definition) is 2. The number of ether oxygens (including phenoxy) is 1. The topological polar surface area (TPSA) is 89.2 Å². The summed E-state index contributed by atoms with van der Waals surface area (Å²) in [7, 11) is 0. The number of benzene rings is 1. The lowest BCUT2D eigenvalue weighted by Crippen LogP contribution is -2.43. The first-order chi connectivity index (χ1) is 14.2. The van der Waals surface area contributed by atoms with Crippen LogP contribution >= 0.6 is 0 Å². The number of rotatable bonds is 5. The van der Waals surface area contributed by atoms with Crippen LogP contribution in [0.3, 0.4) is 0 Å². The highest BCUT2D eigenvalue weighted by Crippen LogP contribution is 2.32. The number of hydrogen-bond acceptors (Lipinski definition) is 7. The molecule has 1 aliphatic heterocycles. The van der Waals surface area contributed by atoms with Gasteiger partial charge in [-0.1, -0.05) is 18.2 Å². The van der Waals surface area contributed by atoms with Gasteiger partial charge >= 0.3 is 0 Å². The number of anilines is 2. The van der Waals surface area contributed by atoms with Crippen LogP contribution in [0.1, 0.15) is 25.7 Å². The van der Waals surface area contributed by atoms with E-state index in [-0.39, 0.29) is 12.1 Å². The average Bonchev–Trinajstić information content (AvgIpc) is 2.73. The lowest BCUT2D eigenvalue weighted by Gasteiger charge is -2.37. The average molecular weight is 390 g/mol. The normalized spacial score (nSPS) is 22.3. The molecule has 7 heteroatoms. The first-order valence-corrected chi connectivity index (χ1v) is 10.3. The highest BCUT2D eigenvalue weighted by atomic mass is 16.5. The van der Waals surface area contributed by atoms with Gasteiger partial charge in [0.15, 0.2) is 5.82 Å². The Balaban J connectivity index is 1.19. The Morgan fingerprint density at radius 2 is 1.79 bits per heavy atom. The predicted octanol–water partition coefficient (Wildman–Crippen LogP) is 2.97. The van der Waals surface area contributed by atoms with E-state index < -0.39 is 0 Å². The SMILES string of the molecule is NC1CCN(c2nccnc2O[C@H]2C[C@@H](Nc3ccc4ccccc4n3)C2)CC1. The van der Waals surface area contributed by atoms with E-state index in [9.17, 15) is 0 Å². The summed E-state index contributed by atoms with van der Waals surface area (Å²) in [5.41, 5.74) is 7.04. The molecule has 3 heterocycles. The second kappa shape index (κ2) is 7.83. The Morgan fingerprint density at radius 3 is 2.66 bits per heavy atom. The van der Waals surface area contributed by atoms with Gasteiger partial charge in [0.05, 0.1) is 5.52 Å². The minimum absolute atomic E-state index is 0.149. The van der Waals surface area contributed by atoms with E-state index >= 15 is 0 Å². The largest absolute Gasteiger partial charge is 0.472 e. The molecule has 5 rings (SSSR count). The second-order valence-electron chi connectivity index (χ2n) is 7.95. The second-order valence-corrected chi connectivity index (χ2v) is 7.95. The summed E-state index contributed by atoms with van der Waals surface area (Å²) in [5.74, 6) is 2.39. The van der Waals surface area contributed by atoms with Crippen LogP contribution in [0.4, 0.5) is 11.6 Å². The molecule has 2 fully saturated rings. The van der Waals surface area contributed by atoms with Crippen molar-refractivity contribution < 1.29 is 4.74 Å². The minimum Gasteiger partial charge on any atom is -0.472 e. The number of nitrogens with two attached hydrogens (primary N) is 1. The van der Waals surface area contributed by atoms with Gasteiger partial charge in [-0.3, -0.25) is 0 Å². The van der Waals surface area contributed by atoms with Crippen LogP contribution in [0.25, 0.3) is 10.9 Å². The van der Waals surface area contributed by atoms with E-state index in [2.05, 4.69) is 32.3 Å². The van der Waals surface area contributed by atoms with E-state index in [4.69, 9.17) is 15.5 Å². The van der Waals surface area contributed by atoms with Crippen molar-refractivity contribution in [3.8, 4) is 5.88 Å². The lowest BCUT2D eigenvalue weighted by atomic mass is 9.89. The Labute approximate surface area is 170 Å². The summed E-state index contributed by atoms with van der Waals surface area (Å²) >= 11 is 0. The van der Waals surface area contributed by atoms with Crippen molar-refractivity contribution in [2.75, 3.05) is 23.3 Å². The fourth-order valence-electron chi connectivity index (χ4n) is 4.02. The molecule has 0 atom stereocenters. The smallest absolute Gasteiger partial charge is 0.257 e. The highest BCUT2D eigenvalue weighted by molar-refractivity contribution is 5.80. The van der Waals surface area contributed by atoms with Gasteiger partial charge in [0, 0.05) is 55.8 Å². The fraction of sp³-hybridized carbons (Fsp3) is 0.409. The molecule has 0 spiro atoms. The molecule has 0 radical (unpaired) electrons. The van der Waals surface area contributed by atoms with Crippen molar-refractivity contribution in [3.05, 3.63) is 48.8 Å². The molecule has 0 unspecified atom stereocenters. The first-order valence-electron chi connectivity index (χ1n) is 10.3.